The quantitative estimate of drug-likeness (QED) is 0.520. The molecule has 0 aliphatic rings. The van der Waals surface area contributed by atoms with Crippen LogP contribution in [0.15, 0.2) is 76.1 Å². The van der Waals surface area contributed by atoms with Gasteiger partial charge >= 0.3 is 5.69 Å². The molecule has 0 saturated heterocycles. The first-order valence-electron chi connectivity index (χ1n) is 8.02. The van der Waals surface area contributed by atoms with Gasteiger partial charge in [0.1, 0.15) is 0 Å². The second-order valence-electron chi connectivity index (χ2n) is 5.92. The molecule has 2 aromatic carbocycles. The highest BCUT2D eigenvalue weighted by molar-refractivity contribution is 9.10. The SMILES string of the molecule is Cc1ccnc(Cn2c(=O)n(-c3ccccc3)c3ccccc32)c1Br. The van der Waals surface area contributed by atoms with E-state index >= 15 is 0 Å². The van der Waals surface area contributed by atoms with Gasteiger partial charge in [-0.1, -0.05) is 30.3 Å². The predicted octanol–water partition coefficient (Wildman–Crippen LogP) is 4.31. The number of aromatic nitrogens is 3. The van der Waals surface area contributed by atoms with Gasteiger partial charge in [-0.05, 0) is 58.7 Å². The molecule has 0 saturated carbocycles. The van der Waals surface area contributed by atoms with Gasteiger partial charge in [0, 0.05) is 10.7 Å². The van der Waals surface area contributed by atoms with Crippen LogP contribution < -0.4 is 5.69 Å². The third-order valence-electron chi connectivity index (χ3n) is 4.31. The third kappa shape index (κ3) is 2.70. The van der Waals surface area contributed by atoms with Crippen LogP contribution in [0.5, 0.6) is 0 Å². The van der Waals surface area contributed by atoms with Gasteiger partial charge in [-0.15, -0.1) is 0 Å². The van der Waals surface area contributed by atoms with Gasteiger partial charge in [0.2, 0.25) is 0 Å². The van der Waals surface area contributed by atoms with Gasteiger partial charge in [-0.2, -0.15) is 0 Å². The molecule has 4 rings (SSSR count). The highest BCUT2D eigenvalue weighted by Gasteiger charge is 2.16. The molecule has 2 aromatic heterocycles. The second kappa shape index (κ2) is 6.33. The van der Waals surface area contributed by atoms with Crippen LogP contribution in [-0.2, 0) is 6.54 Å². The molecule has 0 aliphatic carbocycles. The summed E-state index contributed by atoms with van der Waals surface area (Å²) < 4.78 is 4.46. The van der Waals surface area contributed by atoms with Crippen molar-refractivity contribution in [3.05, 3.63) is 93.1 Å². The summed E-state index contributed by atoms with van der Waals surface area (Å²) in [7, 11) is 0. The molecule has 0 aliphatic heterocycles. The van der Waals surface area contributed by atoms with Crippen LogP contribution in [0.25, 0.3) is 16.7 Å². The maximum Gasteiger partial charge on any atom is 0.334 e. The molecule has 0 spiro atoms. The minimum atomic E-state index is -0.0670. The van der Waals surface area contributed by atoms with E-state index in [9.17, 15) is 4.79 Å². The minimum Gasteiger partial charge on any atom is -0.286 e. The lowest BCUT2D eigenvalue weighted by molar-refractivity contribution is 0.741. The van der Waals surface area contributed by atoms with E-state index in [-0.39, 0.29) is 5.69 Å². The number of rotatable bonds is 3. The average Bonchev–Trinajstić information content (AvgIpc) is 2.92. The first-order chi connectivity index (χ1) is 12.2. The van der Waals surface area contributed by atoms with Crippen LogP contribution >= 0.6 is 15.9 Å². The van der Waals surface area contributed by atoms with Crippen LogP contribution in [0, 0.1) is 6.92 Å². The van der Waals surface area contributed by atoms with E-state index in [1.165, 1.54) is 0 Å². The molecular weight excluding hydrogens is 378 g/mol. The molecule has 2 heterocycles. The number of fused-ring (bicyclic) bond motifs is 1. The fraction of sp³-hybridized carbons (Fsp3) is 0.100. The van der Waals surface area contributed by atoms with E-state index in [1.807, 2.05) is 67.6 Å². The zero-order valence-electron chi connectivity index (χ0n) is 13.7. The fourth-order valence-electron chi connectivity index (χ4n) is 3.04. The van der Waals surface area contributed by atoms with Crippen molar-refractivity contribution in [2.24, 2.45) is 0 Å². The van der Waals surface area contributed by atoms with Gasteiger partial charge in [-0.25, -0.2) is 4.79 Å². The molecule has 0 amide bonds. The standard InChI is InChI=1S/C20H16BrN3O/c1-14-11-12-22-16(19(14)21)13-23-17-9-5-6-10-18(17)24(20(23)25)15-7-3-2-4-8-15/h2-12H,13H2,1H3. The van der Waals surface area contributed by atoms with Gasteiger partial charge in [-0.3, -0.25) is 14.1 Å². The zero-order chi connectivity index (χ0) is 17.4. The summed E-state index contributed by atoms with van der Waals surface area (Å²) in [4.78, 5) is 17.6. The van der Waals surface area contributed by atoms with Crippen LogP contribution in [0.1, 0.15) is 11.3 Å². The van der Waals surface area contributed by atoms with Crippen molar-refractivity contribution in [2.45, 2.75) is 13.5 Å². The smallest absolute Gasteiger partial charge is 0.286 e. The highest BCUT2D eigenvalue weighted by Crippen LogP contribution is 2.22. The van der Waals surface area contributed by atoms with Crippen molar-refractivity contribution < 1.29 is 0 Å². The molecular formula is C20H16BrN3O. The lowest BCUT2D eigenvalue weighted by Crippen LogP contribution is -2.24. The molecule has 0 N–H and O–H groups in total. The Morgan fingerprint density at radius 2 is 1.64 bits per heavy atom. The molecule has 5 heteroatoms. The average molecular weight is 394 g/mol. The summed E-state index contributed by atoms with van der Waals surface area (Å²) in [6.07, 6.45) is 1.77. The number of para-hydroxylation sites is 3. The summed E-state index contributed by atoms with van der Waals surface area (Å²) in [5.74, 6) is 0. The molecule has 0 fully saturated rings. The molecule has 0 radical (unpaired) electrons. The summed E-state index contributed by atoms with van der Waals surface area (Å²) in [5, 5.41) is 0. The summed E-state index contributed by atoms with van der Waals surface area (Å²) in [6.45, 7) is 2.44. The molecule has 25 heavy (non-hydrogen) atoms. The first-order valence-corrected chi connectivity index (χ1v) is 8.82. The predicted molar refractivity (Wildman–Crippen MR) is 103 cm³/mol. The second-order valence-corrected chi connectivity index (χ2v) is 6.71. The Morgan fingerprint density at radius 3 is 2.40 bits per heavy atom. The van der Waals surface area contributed by atoms with Crippen LogP contribution in [0.2, 0.25) is 0 Å². The third-order valence-corrected chi connectivity index (χ3v) is 5.40. The van der Waals surface area contributed by atoms with Crippen molar-refractivity contribution in [3.8, 4) is 5.69 Å². The van der Waals surface area contributed by atoms with Gasteiger partial charge in [0.05, 0.1) is 29.0 Å². The lowest BCUT2D eigenvalue weighted by atomic mass is 10.2. The Balaban J connectivity index is 1.95. The van der Waals surface area contributed by atoms with Gasteiger partial charge in [0.15, 0.2) is 0 Å². The highest BCUT2D eigenvalue weighted by atomic mass is 79.9. The number of aryl methyl sites for hydroxylation is 1. The van der Waals surface area contributed by atoms with E-state index in [0.29, 0.717) is 6.54 Å². The maximum atomic E-state index is 13.2. The molecule has 0 unspecified atom stereocenters. The number of halogens is 1. The summed E-state index contributed by atoms with van der Waals surface area (Å²) in [6, 6.07) is 19.5. The zero-order valence-corrected chi connectivity index (χ0v) is 15.3. The largest absolute Gasteiger partial charge is 0.334 e. The van der Waals surface area contributed by atoms with E-state index in [2.05, 4.69) is 20.9 Å². The number of hydrogen-bond donors (Lipinski definition) is 0. The number of benzene rings is 2. The Bertz CT molecular complexity index is 1110. The number of nitrogens with zero attached hydrogens (tertiary/aromatic N) is 3. The number of hydrogen-bond acceptors (Lipinski definition) is 2. The monoisotopic (exact) mass is 393 g/mol. The van der Waals surface area contributed by atoms with E-state index in [1.54, 1.807) is 15.3 Å². The van der Waals surface area contributed by atoms with Gasteiger partial charge < -0.3 is 0 Å². The summed E-state index contributed by atoms with van der Waals surface area (Å²) >= 11 is 3.59. The minimum absolute atomic E-state index is 0.0670. The normalized spacial score (nSPS) is 11.1. The molecule has 4 aromatic rings. The fourth-order valence-corrected chi connectivity index (χ4v) is 3.40. The number of pyridine rings is 1. The van der Waals surface area contributed by atoms with Crippen molar-refractivity contribution in [3.63, 3.8) is 0 Å². The molecule has 124 valence electrons. The summed E-state index contributed by atoms with van der Waals surface area (Å²) in [5.41, 5.74) is 4.53. The topological polar surface area (TPSA) is 39.8 Å². The number of imidazole rings is 1. The Hall–Kier alpha value is -2.66. The van der Waals surface area contributed by atoms with Crippen molar-refractivity contribution in [2.75, 3.05) is 0 Å². The van der Waals surface area contributed by atoms with E-state index < -0.39 is 0 Å². The first kappa shape index (κ1) is 15.8. The van der Waals surface area contributed by atoms with Crippen LogP contribution in [-0.4, -0.2) is 14.1 Å². The van der Waals surface area contributed by atoms with Crippen molar-refractivity contribution in [1.82, 2.24) is 14.1 Å². The van der Waals surface area contributed by atoms with Gasteiger partial charge in [0.25, 0.3) is 0 Å². The Labute approximate surface area is 153 Å². The van der Waals surface area contributed by atoms with E-state index in [0.717, 1.165) is 32.5 Å². The van der Waals surface area contributed by atoms with E-state index in [4.69, 9.17) is 0 Å². The maximum absolute atomic E-state index is 13.2. The molecule has 0 atom stereocenters. The van der Waals surface area contributed by atoms with Crippen molar-refractivity contribution in [1.29, 1.82) is 0 Å². The lowest BCUT2D eigenvalue weighted by Gasteiger charge is -2.07. The van der Waals surface area contributed by atoms with Crippen molar-refractivity contribution >= 4 is 27.0 Å². The molecule has 4 nitrogen and oxygen atoms in total. The van der Waals surface area contributed by atoms with Crippen LogP contribution in [0.3, 0.4) is 0 Å². The van der Waals surface area contributed by atoms with Crippen LogP contribution in [0.4, 0.5) is 0 Å². The molecule has 0 bridgehead atoms. The Morgan fingerprint density at radius 1 is 0.960 bits per heavy atom. The Kier molecular flexibility index (Phi) is 4.01.